The van der Waals surface area contributed by atoms with Crippen molar-refractivity contribution < 1.29 is 4.74 Å². The molecule has 0 fully saturated rings. The maximum Gasteiger partial charge on any atom is 0.321 e. The number of aromatic nitrogens is 2. The molecule has 1 N–H and O–H groups in total. The molecule has 0 bridgehead atoms. The van der Waals surface area contributed by atoms with E-state index in [0.29, 0.717) is 6.01 Å². The zero-order chi connectivity index (χ0) is 13.0. The number of nitrogens with one attached hydrogen (secondary N) is 1. The molecular formula is C14H17N3O. The molecule has 0 aliphatic carbocycles. The number of hydrogen-bond acceptors (Lipinski definition) is 4. The van der Waals surface area contributed by atoms with Crippen molar-refractivity contribution in [3.63, 3.8) is 0 Å². The third kappa shape index (κ3) is 2.84. The molecule has 0 amide bonds. The fourth-order valence-electron chi connectivity index (χ4n) is 1.62. The number of aryl methyl sites for hydroxylation is 1. The van der Waals surface area contributed by atoms with Gasteiger partial charge in [-0.25, -0.2) is 9.97 Å². The second-order valence-electron chi connectivity index (χ2n) is 4.20. The molecule has 0 spiro atoms. The molecule has 0 aliphatic heterocycles. The molecule has 1 aromatic carbocycles. The Morgan fingerprint density at radius 2 is 1.89 bits per heavy atom. The van der Waals surface area contributed by atoms with E-state index in [4.69, 9.17) is 4.74 Å². The Hall–Kier alpha value is -1.94. The summed E-state index contributed by atoms with van der Waals surface area (Å²) in [4.78, 5) is 8.38. The molecule has 0 atom stereocenters. The topological polar surface area (TPSA) is 47.0 Å². The van der Waals surface area contributed by atoms with Gasteiger partial charge in [-0.2, -0.15) is 0 Å². The predicted octanol–water partition coefficient (Wildman–Crippen LogP) is 2.61. The van der Waals surface area contributed by atoms with Crippen LogP contribution < -0.4 is 10.1 Å². The molecule has 4 nitrogen and oxygen atoms in total. The Kier molecular flexibility index (Phi) is 3.89. The maximum atomic E-state index is 5.68. The standard InChI is InChI=1S/C14H17N3O/c1-10-5-4-6-13(11(10)2)18-14-16-8-12(7-15-3)9-17-14/h4-6,8-9,15H,7H2,1-3H3. The second kappa shape index (κ2) is 5.60. The van der Waals surface area contributed by atoms with Crippen molar-refractivity contribution in [2.75, 3.05) is 7.05 Å². The highest BCUT2D eigenvalue weighted by Gasteiger charge is 2.05. The van der Waals surface area contributed by atoms with Crippen LogP contribution in [0.5, 0.6) is 11.8 Å². The van der Waals surface area contributed by atoms with Crippen LogP contribution in [0.1, 0.15) is 16.7 Å². The van der Waals surface area contributed by atoms with E-state index in [1.54, 1.807) is 12.4 Å². The predicted molar refractivity (Wildman–Crippen MR) is 70.8 cm³/mol. The Labute approximate surface area is 107 Å². The lowest BCUT2D eigenvalue weighted by molar-refractivity contribution is 0.437. The molecule has 94 valence electrons. The first-order valence-electron chi connectivity index (χ1n) is 5.90. The van der Waals surface area contributed by atoms with Gasteiger partial charge in [0.1, 0.15) is 5.75 Å². The Balaban J connectivity index is 2.16. The Bertz CT molecular complexity index is 523. The zero-order valence-electron chi connectivity index (χ0n) is 10.9. The SMILES string of the molecule is CNCc1cnc(Oc2cccc(C)c2C)nc1. The molecule has 0 saturated heterocycles. The van der Waals surface area contributed by atoms with Gasteiger partial charge in [0.25, 0.3) is 0 Å². The minimum absolute atomic E-state index is 0.378. The molecule has 2 aromatic rings. The van der Waals surface area contributed by atoms with Crippen molar-refractivity contribution in [1.82, 2.24) is 15.3 Å². The summed E-state index contributed by atoms with van der Waals surface area (Å²) in [6.45, 7) is 4.84. The number of hydrogen-bond donors (Lipinski definition) is 1. The first kappa shape index (κ1) is 12.5. The summed E-state index contributed by atoms with van der Waals surface area (Å²) in [6.07, 6.45) is 3.54. The lowest BCUT2D eigenvalue weighted by Crippen LogP contribution is -2.06. The summed E-state index contributed by atoms with van der Waals surface area (Å²) in [6, 6.07) is 6.32. The molecule has 0 radical (unpaired) electrons. The van der Waals surface area contributed by atoms with Crippen LogP contribution in [0.3, 0.4) is 0 Å². The van der Waals surface area contributed by atoms with Gasteiger partial charge in [-0.15, -0.1) is 0 Å². The van der Waals surface area contributed by atoms with Crippen LogP contribution in [0.4, 0.5) is 0 Å². The van der Waals surface area contributed by atoms with Gasteiger partial charge >= 0.3 is 6.01 Å². The van der Waals surface area contributed by atoms with Crippen molar-refractivity contribution in [2.45, 2.75) is 20.4 Å². The zero-order valence-corrected chi connectivity index (χ0v) is 10.9. The van der Waals surface area contributed by atoms with Crippen LogP contribution >= 0.6 is 0 Å². The summed E-state index contributed by atoms with van der Waals surface area (Å²) in [5.74, 6) is 0.802. The van der Waals surface area contributed by atoms with E-state index in [1.165, 1.54) is 5.56 Å². The van der Waals surface area contributed by atoms with Crippen molar-refractivity contribution >= 4 is 0 Å². The van der Waals surface area contributed by atoms with Crippen molar-refractivity contribution in [1.29, 1.82) is 0 Å². The van der Waals surface area contributed by atoms with Gasteiger partial charge in [0.2, 0.25) is 0 Å². The van der Waals surface area contributed by atoms with Crippen LogP contribution in [0.15, 0.2) is 30.6 Å². The van der Waals surface area contributed by atoms with Gasteiger partial charge in [0.05, 0.1) is 0 Å². The molecule has 18 heavy (non-hydrogen) atoms. The van der Waals surface area contributed by atoms with E-state index < -0.39 is 0 Å². The van der Waals surface area contributed by atoms with Crippen LogP contribution in [-0.2, 0) is 6.54 Å². The van der Waals surface area contributed by atoms with Crippen molar-refractivity contribution in [3.8, 4) is 11.8 Å². The average molecular weight is 243 g/mol. The molecule has 4 heteroatoms. The van der Waals surface area contributed by atoms with Gasteiger partial charge in [0, 0.05) is 24.5 Å². The van der Waals surface area contributed by atoms with Gasteiger partial charge in [0.15, 0.2) is 0 Å². The minimum Gasteiger partial charge on any atom is -0.424 e. The van der Waals surface area contributed by atoms with Crippen LogP contribution in [-0.4, -0.2) is 17.0 Å². The van der Waals surface area contributed by atoms with Gasteiger partial charge in [-0.05, 0) is 38.1 Å². The first-order chi connectivity index (χ1) is 8.70. The molecule has 2 rings (SSSR count). The van der Waals surface area contributed by atoms with Crippen LogP contribution in [0.25, 0.3) is 0 Å². The highest BCUT2D eigenvalue weighted by molar-refractivity contribution is 5.39. The normalized spacial score (nSPS) is 10.4. The Morgan fingerprint density at radius 1 is 1.17 bits per heavy atom. The Morgan fingerprint density at radius 3 is 2.56 bits per heavy atom. The number of nitrogens with zero attached hydrogens (tertiary/aromatic N) is 2. The quantitative estimate of drug-likeness (QED) is 0.896. The molecule has 1 heterocycles. The third-order valence-corrected chi connectivity index (χ3v) is 2.82. The molecule has 0 aliphatic rings. The minimum atomic E-state index is 0.378. The second-order valence-corrected chi connectivity index (χ2v) is 4.20. The number of benzene rings is 1. The molecular weight excluding hydrogens is 226 g/mol. The molecule has 0 unspecified atom stereocenters. The summed E-state index contributed by atoms with van der Waals surface area (Å²) in [7, 11) is 1.89. The summed E-state index contributed by atoms with van der Waals surface area (Å²) >= 11 is 0. The summed E-state index contributed by atoms with van der Waals surface area (Å²) in [5, 5.41) is 3.05. The van der Waals surface area contributed by atoms with E-state index in [0.717, 1.165) is 23.4 Å². The number of rotatable bonds is 4. The fraction of sp³-hybridized carbons (Fsp3) is 0.286. The van der Waals surface area contributed by atoms with E-state index in [2.05, 4.69) is 28.3 Å². The molecule has 0 saturated carbocycles. The maximum absolute atomic E-state index is 5.68. The van der Waals surface area contributed by atoms with Gasteiger partial charge < -0.3 is 10.1 Å². The first-order valence-corrected chi connectivity index (χ1v) is 5.90. The van der Waals surface area contributed by atoms with Crippen LogP contribution in [0.2, 0.25) is 0 Å². The highest BCUT2D eigenvalue weighted by Crippen LogP contribution is 2.24. The van der Waals surface area contributed by atoms with Crippen molar-refractivity contribution in [2.24, 2.45) is 0 Å². The lowest BCUT2D eigenvalue weighted by atomic mass is 10.1. The van der Waals surface area contributed by atoms with E-state index in [1.807, 2.05) is 26.1 Å². The van der Waals surface area contributed by atoms with Gasteiger partial charge in [-0.1, -0.05) is 12.1 Å². The monoisotopic (exact) mass is 243 g/mol. The van der Waals surface area contributed by atoms with E-state index in [-0.39, 0.29) is 0 Å². The highest BCUT2D eigenvalue weighted by atomic mass is 16.5. The average Bonchev–Trinajstić information content (AvgIpc) is 2.38. The van der Waals surface area contributed by atoms with Crippen molar-refractivity contribution in [3.05, 3.63) is 47.3 Å². The lowest BCUT2D eigenvalue weighted by Gasteiger charge is -2.09. The summed E-state index contributed by atoms with van der Waals surface area (Å²) < 4.78 is 5.68. The van der Waals surface area contributed by atoms with Crippen LogP contribution in [0, 0.1) is 13.8 Å². The summed E-state index contributed by atoms with van der Waals surface area (Å²) in [5.41, 5.74) is 3.34. The molecule has 1 aromatic heterocycles. The third-order valence-electron chi connectivity index (χ3n) is 2.82. The van der Waals surface area contributed by atoms with E-state index in [9.17, 15) is 0 Å². The largest absolute Gasteiger partial charge is 0.424 e. The van der Waals surface area contributed by atoms with Gasteiger partial charge in [-0.3, -0.25) is 0 Å². The smallest absolute Gasteiger partial charge is 0.321 e. The number of ether oxygens (including phenoxy) is 1. The fourth-order valence-corrected chi connectivity index (χ4v) is 1.62. The van der Waals surface area contributed by atoms with E-state index >= 15 is 0 Å².